The normalized spacial score (nSPS) is 15.4. The molecular weight excluding hydrogens is 444 g/mol. The predicted molar refractivity (Wildman–Crippen MR) is 119 cm³/mol. The summed E-state index contributed by atoms with van der Waals surface area (Å²) in [5, 5.41) is 8.76. The van der Waals surface area contributed by atoms with Gasteiger partial charge in [-0.2, -0.15) is 0 Å². The second kappa shape index (κ2) is 9.16. The van der Waals surface area contributed by atoms with Crippen molar-refractivity contribution < 1.29 is 4.79 Å². The van der Waals surface area contributed by atoms with E-state index in [1.807, 2.05) is 35.8 Å². The number of nitrogens with zero attached hydrogens (tertiary/aromatic N) is 6. The van der Waals surface area contributed by atoms with Crippen LogP contribution in [0.4, 0.5) is 0 Å². The van der Waals surface area contributed by atoms with E-state index in [9.17, 15) is 4.79 Å². The zero-order valence-corrected chi connectivity index (χ0v) is 18.8. The molecule has 1 aliphatic rings. The Labute approximate surface area is 184 Å². The maximum atomic E-state index is 13.2. The molecule has 4 rings (SSSR count). The van der Waals surface area contributed by atoms with E-state index in [1.54, 1.807) is 18.3 Å². The summed E-state index contributed by atoms with van der Waals surface area (Å²) in [5.74, 6) is 1.48. The topological polar surface area (TPSA) is 67.2 Å². The summed E-state index contributed by atoms with van der Waals surface area (Å²) < 4.78 is 2.84. The molecule has 1 saturated heterocycles. The third kappa shape index (κ3) is 4.35. The van der Waals surface area contributed by atoms with Gasteiger partial charge in [-0.15, -0.1) is 10.2 Å². The van der Waals surface area contributed by atoms with Crippen molar-refractivity contribution in [3.05, 3.63) is 70.0 Å². The standard InChI is InChI=1S/C22H25BrN6O/c1-3-27-10-12-28(13-11-27)15-21-26-25-16(2)29(21)20-8-7-17(23)14-18(20)22(30)19-6-4-5-9-24-19/h4-9,14H,3,10-13,15H2,1-2H3. The van der Waals surface area contributed by atoms with Crippen molar-refractivity contribution in [2.24, 2.45) is 0 Å². The van der Waals surface area contributed by atoms with Gasteiger partial charge in [-0.05, 0) is 43.8 Å². The molecule has 0 atom stereocenters. The van der Waals surface area contributed by atoms with Crippen LogP contribution < -0.4 is 0 Å². The smallest absolute Gasteiger partial charge is 0.213 e. The van der Waals surface area contributed by atoms with Gasteiger partial charge in [0.2, 0.25) is 5.78 Å². The third-order valence-electron chi connectivity index (χ3n) is 5.51. The van der Waals surface area contributed by atoms with Gasteiger partial charge in [0.05, 0.1) is 12.2 Å². The minimum atomic E-state index is -0.123. The number of aromatic nitrogens is 4. The molecular formula is C22H25BrN6O. The summed E-state index contributed by atoms with van der Waals surface area (Å²) in [5.41, 5.74) is 1.77. The molecule has 1 aliphatic heterocycles. The SMILES string of the molecule is CCN1CCN(Cc2nnc(C)n2-c2ccc(Br)cc2C(=O)c2ccccn2)CC1. The Bertz CT molecular complexity index is 1030. The first-order chi connectivity index (χ1) is 14.6. The molecule has 0 N–H and O–H groups in total. The molecule has 2 aromatic heterocycles. The molecule has 8 heteroatoms. The number of hydrogen-bond acceptors (Lipinski definition) is 6. The number of aryl methyl sites for hydroxylation is 1. The van der Waals surface area contributed by atoms with Crippen LogP contribution in [0.5, 0.6) is 0 Å². The van der Waals surface area contributed by atoms with E-state index < -0.39 is 0 Å². The largest absolute Gasteiger partial charge is 0.301 e. The van der Waals surface area contributed by atoms with E-state index in [2.05, 4.69) is 47.8 Å². The van der Waals surface area contributed by atoms with Crippen LogP contribution in [-0.2, 0) is 6.54 Å². The van der Waals surface area contributed by atoms with Crippen LogP contribution >= 0.6 is 15.9 Å². The summed E-state index contributed by atoms with van der Waals surface area (Å²) in [6.07, 6.45) is 1.64. The van der Waals surface area contributed by atoms with Gasteiger partial charge in [0.15, 0.2) is 5.82 Å². The van der Waals surface area contributed by atoms with E-state index in [-0.39, 0.29) is 5.78 Å². The summed E-state index contributed by atoms with van der Waals surface area (Å²) in [7, 11) is 0. The molecule has 156 valence electrons. The summed E-state index contributed by atoms with van der Waals surface area (Å²) >= 11 is 3.50. The van der Waals surface area contributed by atoms with Gasteiger partial charge in [-0.1, -0.05) is 28.9 Å². The molecule has 0 amide bonds. The number of rotatable bonds is 6. The van der Waals surface area contributed by atoms with Crippen molar-refractivity contribution in [3.8, 4) is 5.69 Å². The highest BCUT2D eigenvalue weighted by Gasteiger charge is 2.23. The first kappa shape index (κ1) is 20.8. The van der Waals surface area contributed by atoms with Crippen molar-refractivity contribution in [3.63, 3.8) is 0 Å². The van der Waals surface area contributed by atoms with Crippen molar-refractivity contribution in [1.82, 2.24) is 29.5 Å². The van der Waals surface area contributed by atoms with Gasteiger partial charge in [0.1, 0.15) is 11.5 Å². The number of piperazine rings is 1. The quantitative estimate of drug-likeness (QED) is 0.517. The van der Waals surface area contributed by atoms with Crippen molar-refractivity contribution in [2.45, 2.75) is 20.4 Å². The predicted octanol–water partition coefficient (Wildman–Crippen LogP) is 3.10. The van der Waals surface area contributed by atoms with Gasteiger partial charge in [-0.3, -0.25) is 19.2 Å². The maximum absolute atomic E-state index is 13.2. The summed E-state index contributed by atoms with van der Waals surface area (Å²) in [6, 6.07) is 11.1. The average Bonchev–Trinajstić information content (AvgIpc) is 3.14. The van der Waals surface area contributed by atoms with E-state index >= 15 is 0 Å². The number of pyridine rings is 1. The van der Waals surface area contributed by atoms with Crippen LogP contribution in [0.15, 0.2) is 47.1 Å². The highest BCUT2D eigenvalue weighted by molar-refractivity contribution is 9.10. The van der Waals surface area contributed by atoms with E-state index in [1.165, 1.54) is 0 Å². The first-order valence-electron chi connectivity index (χ1n) is 10.2. The van der Waals surface area contributed by atoms with E-state index in [0.29, 0.717) is 17.8 Å². The second-order valence-electron chi connectivity index (χ2n) is 7.41. The number of carbonyl (C=O) groups excluding carboxylic acids is 1. The molecule has 30 heavy (non-hydrogen) atoms. The number of likely N-dealkylation sites (N-methyl/N-ethyl adjacent to an activating group) is 1. The molecule has 1 fully saturated rings. The molecule has 7 nitrogen and oxygen atoms in total. The first-order valence-corrected chi connectivity index (χ1v) is 11.0. The number of halogens is 1. The van der Waals surface area contributed by atoms with Gasteiger partial charge < -0.3 is 4.90 Å². The lowest BCUT2D eigenvalue weighted by atomic mass is 10.0. The second-order valence-corrected chi connectivity index (χ2v) is 8.33. The summed E-state index contributed by atoms with van der Waals surface area (Å²) in [4.78, 5) is 22.3. The zero-order chi connectivity index (χ0) is 21.1. The van der Waals surface area contributed by atoms with Crippen molar-refractivity contribution in [1.29, 1.82) is 0 Å². The maximum Gasteiger partial charge on any atom is 0.213 e. The number of ketones is 1. The highest BCUT2D eigenvalue weighted by Crippen LogP contribution is 2.25. The molecule has 1 aromatic carbocycles. The Hall–Kier alpha value is -2.42. The fourth-order valence-corrected chi connectivity index (χ4v) is 4.17. The van der Waals surface area contributed by atoms with E-state index in [0.717, 1.165) is 54.5 Å². The molecule has 3 aromatic rings. The molecule has 0 radical (unpaired) electrons. The summed E-state index contributed by atoms with van der Waals surface area (Å²) in [6.45, 7) is 10.0. The van der Waals surface area contributed by atoms with Crippen molar-refractivity contribution >= 4 is 21.7 Å². The molecule has 0 unspecified atom stereocenters. The lowest BCUT2D eigenvalue weighted by molar-refractivity contribution is 0.103. The molecule has 0 spiro atoms. The van der Waals surface area contributed by atoms with Crippen LogP contribution in [-0.4, -0.2) is 68.1 Å². The van der Waals surface area contributed by atoms with Crippen LogP contribution in [0.25, 0.3) is 5.69 Å². The average molecular weight is 469 g/mol. The Morgan fingerprint density at radius 2 is 1.83 bits per heavy atom. The Morgan fingerprint density at radius 1 is 1.07 bits per heavy atom. The minimum Gasteiger partial charge on any atom is -0.301 e. The van der Waals surface area contributed by atoms with Gasteiger partial charge in [-0.25, -0.2) is 0 Å². The Kier molecular flexibility index (Phi) is 6.36. The minimum absolute atomic E-state index is 0.123. The number of hydrogen-bond donors (Lipinski definition) is 0. The number of benzene rings is 1. The third-order valence-corrected chi connectivity index (χ3v) is 6.00. The van der Waals surface area contributed by atoms with Gasteiger partial charge in [0, 0.05) is 42.4 Å². The van der Waals surface area contributed by atoms with Gasteiger partial charge >= 0.3 is 0 Å². The molecule has 0 aliphatic carbocycles. The fourth-order valence-electron chi connectivity index (χ4n) is 3.81. The van der Waals surface area contributed by atoms with Crippen LogP contribution in [0.1, 0.15) is 34.6 Å². The van der Waals surface area contributed by atoms with Crippen LogP contribution in [0.2, 0.25) is 0 Å². The zero-order valence-electron chi connectivity index (χ0n) is 17.3. The van der Waals surface area contributed by atoms with Crippen LogP contribution in [0.3, 0.4) is 0 Å². The Morgan fingerprint density at radius 3 is 2.53 bits per heavy atom. The number of carbonyl (C=O) groups is 1. The monoisotopic (exact) mass is 468 g/mol. The van der Waals surface area contributed by atoms with Gasteiger partial charge in [0.25, 0.3) is 0 Å². The Balaban J connectivity index is 1.68. The van der Waals surface area contributed by atoms with Crippen LogP contribution in [0, 0.1) is 6.92 Å². The lowest BCUT2D eigenvalue weighted by Crippen LogP contribution is -2.45. The van der Waals surface area contributed by atoms with E-state index in [4.69, 9.17) is 0 Å². The highest BCUT2D eigenvalue weighted by atomic mass is 79.9. The van der Waals surface area contributed by atoms with Crippen molar-refractivity contribution in [2.75, 3.05) is 32.7 Å². The lowest BCUT2D eigenvalue weighted by Gasteiger charge is -2.33. The molecule has 3 heterocycles. The molecule has 0 bridgehead atoms. The molecule has 0 saturated carbocycles. The fraction of sp³-hybridized carbons (Fsp3) is 0.364.